The van der Waals surface area contributed by atoms with Crippen molar-refractivity contribution in [2.24, 2.45) is 13.0 Å². The van der Waals surface area contributed by atoms with Gasteiger partial charge in [0.15, 0.2) is 0 Å². The first-order valence-corrected chi connectivity index (χ1v) is 4.28. The molecule has 1 rings (SSSR count). The van der Waals surface area contributed by atoms with Crippen molar-refractivity contribution in [3.63, 3.8) is 0 Å². The predicted molar refractivity (Wildman–Crippen MR) is 52.1 cm³/mol. The van der Waals surface area contributed by atoms with E-state index >= 15 is 0 Å². The Bertz CT molecular complexity index is 323. The molecule has 1 heterocycles. The number of allylic oxidation sites excluding steroid dienone is 1. The molecule has 13 heavy (non-hydrogen) atoms. The van der Waals surface area contributed by atoms with Gasteiger partial charge in [0.05, 0.1) is 12.0 Å². The van der Waals surface area contributed by atoms with Crippen LogP contribution in [0.3, 0.4) is 0 Å². The molecule has 0 aromatic carbocycles. The van der Waals surface area contributed by atoms with E-state index < -0.39 is 0 Å². The van der Waals surface area contributed by atoms with Crippen LogP contribution in [0.25, 0.3) is 6.08 Å². The lowest BCUT2D eigenvalue weighted by molar-refractivity contribution is -0.105. The molecule has 0 aliphatic rings. The van der Waals surface area contributed by atoms with Crippen LogP contribution in [0.2, 0.25) is 0 Å². The lowest BCUT2D eigenvalue weighted by Crippen LogP contribution is -1.94. The molecule has 0 aliphatic heterocycles. The maximum atomic E-state index is 10.7. The Hall–Kier alpha value is -1.38. The molecular weight excluding hydrogens is 164 g/mol. The van der Waals surface area contributed by atoms with Crippen molar-refractivity contribution in [3.8, 4) is 0 Å². The summed E-state index contributed by atoms with van der Waals surface area (Å²) in [6.45, 7) is 3.98. The van der Waals surface area contributed by atoms with Crippen LogP contribution in [0.5, 0.6) is 0 Å². The standard InChI is InChI=1S/C10H14N2O/c1-8(2)9(6-13)4-10-5-12(3)7-11-10/h4-8H,1-3H3/b9-4-. The van der Waals surface area contributed by atoms with Gasteiger partial charge in [-0.3, -0.25) is 4.79 Å². The van der Waals surface area contributed by atoms with E-state index in [0.29, 0.717) is 0 Å². The molecule has 0 radical (unpaired) electrons. The molecule has 3 heteroatoms. The van der Waals surface area contributed by atoms with Crippen molar-refractivity contribution in [2.45, 2.75) is 13.8 Å². The number of nitrogens with zero attached hydrogens (tertiary/aromatic N) is 2. The van der Waals surface area contributed by atoms with Crippen LogP contribution in [0.15, 0.2) is 18.1 Å². The summed E-state index contributed by atoms with van der Waals surface area (Å²) < 4.78 is 1.86. The van der Waals surface area contributed by atoms with Crippen LogP contribution in [-0.4, -0.2) is 15.8 Å². The number of aromatic nitrogens is 2. The molecule has 0 amide bonds. The predicted octanol–water partition coefficient (Wildman–Crippen LogP) is 1.66. The molecule has 0 bridgehead atoms. The van der Waals surface area contributed by atoms with Crippen molar-refractivity contribution < 1.29 is 4.79 Å². The van der Waals surface area contributed by atoms with Gasteiger partial charge in [-0.15, -0.1) is 0 Å². The van der Waals surface area contributed by atoms with Gasteiger partial charge in [-0.05, 0) is 17.6 Å². The molecule has 0 aliphatic carbocycles. The normalized spacial score (nSPS) is 12.2. The largest absolute Gasteiger partial charge is 0.340 e. The molecular formula is C10H14N2O. The second-order valence-corrected chi connectivity index (χ2v) is 3.38. The van der Waals surface area contributed by atoms with E-state index in [0.717, 1.165) is 17.6 Å². The second kappa shape index (κ2) is 4.03. The van der Waals surface area contributed by atoms with Crippen molar-refractivity contribution in [2.75, 3.05) is 0 Å². The fourth-order valence-corrected chi connectivity index (χ4v) is 1.02. The molecule has 0 unspecified atom stereocenters. The number of hydrogen-bond acceptors (Lipinski definition) is 2. The van der Waals surface area contributed by atoms with Crippen molar-refractivity contribution >= 4 is 12.4 Å². The topological polar surface area (TPSA) is 34.9 Å². The minimum Gasteiger partial charge on any atom is -0.340 e. The van der Waals surface area contributed by atoms with E-state index in [1.807, 2.05) is 37.7 Å². The van der Waals surface area contributed by atoms with Crippen LogP contribution in [-0.2, 0) is 11.8 Å². The fraction of sp³-hybridized carbons (Fsp3) is 0.400. The molecule has 0 fully saturated rings. The summed E-state index contributed by atoms with van der Waals surface area (Å²) in [5.74, 6) is 0.250. The molecule has 0 saturated heterocycles. The highest BCUT2D eigenvalue weighted by atomic mass is 16.1. The maximum absolute atomic E-state index is 10.7. The number of aldehydes is 1. The molecule has 3 nitrogen and oxygen atoms in total. The monoisotopic (exact) mass is 178 g/mol. The summed E-state index contributed by atoms with van der Waals surface area (Å²) >= 11 is 0. The molecule has 1 aromatic heterocycles. The Balaban J connectivity index is 2.91. The fourth-order valence-electron chi connectivity index (χ4n) is 1.02. The van der Waals surface area contributed by atoms with Crippen molar-refractivity contribution in [3.05, 3.63) is 23.8 Å². The second-order valence-electron chi connectivity index (χ2n) is 3.38. The number of rotatable bonds is 3. The summed E-state index contributed by atoms with van der Waals surface area (Å²) in [4.78, 5) is 14.8. The van der Waals surface area contributed by atoms with E-state index in [4.69, 9.17) is 0 Å². The number of carbonyl (C=O) groups is 1. The van der Waals surface area contributed by atoms with Gasteiger partial charge in [-0.1, -0.05) is 13.8 Å². The number of hydrogen-bond donors (Lipinski definition) is 0. The third-order valence-corrected chi connectivity index (χ3v) is 1.84. The van der Waals surface area contributed by atoms with Crippen molar-refractivity contribution in [1.82, 2.24) is 9.55 Å². The Morgan fingerprint density at radius 2 is 2.31 bits per heavy atom. The SMILES string of the molecule is CC(C)/C(C=O)=C\c1cn(C)cn1. The molecule has 0 spiro atoms. The minimum absolute atomic E-state index is 0.250. The summed E-state index contributed by atoms with van der Waals surface area (Å²) in [6, 6.07) is 0. The average molecular weight is 178 g/mol. The summed E-state index contributed by atoms with van der Waals surface area (Å²) in [7, 11) is 1.90. The van der Waals surface area contributed by atoms with Crippen molar-refractivity contribution in [1.29, 1.82) is 0 Å². The summed E-state index contributed by atoms with van der Waals surface area (Å²) in [5.41, 5.74) is 1.61. The van der Waals surface area contributed by atoms with Gasteiger partial charge in [-0.25, -0.2) is 4.98 Å². The molecule has 0 saturated carbocycles. The quantitative estimate of drug-likeness (QED) is 0.521. The zero-order valence-corrected chi connectivity index (χ0v) is 8.19. The van der Waals surface area contributed by atoms with E-state index in [1.165, 1.54) is 0 Å². The zero-order chi connectivity index (χ0) is 9.84. The first kappa shape index (κ1) is 9.71. The van der Waals surface area contributed by atoms with Gasteiger partial charge in [-0.2, -0.15) is 0 Å². The highest BCUT2D eigenvalue weighted by Gasteiger charge is 2.02. The van der Waals surface area contributed by atoms with Gasteiger partial charge in [0.1, 0.15) is 6.29 Å². The Morgan fingerprint density at radius 1 is 1.62 bits per heavy atom. The van der Waals surface area contributed by atoms with Gasteiger partial charge < -0.3 is 4.57 Å². The van der Waals surface area contributed by atoms with E-state index in [2.05, 4.69) is 4.98 Å². The summed E-state index contributed by atoms with van der Waals surface area (Å²) in [6.07, 6.45) is 6.30. The summed E-state index contributed by atoms with van der Waals surface area (Å²) in [5, 5.41) is 0. The van der Waals surface area contributed by atoms with E-state index in [1.54, 1.807) is 6.33 Å². The lowest BCUT2D eigenvalue weighted by atomic mass is 10.0. The first-order chi connectivity index (χ1) is 6.13. The van der Waals surface area contributed by atoms with E-state index in [9.17, 15) is 4.79 Å². The third-order valence-electron chi connectivity index (χ3n) is 1.84. The van der Waals surface area contributed by atoms with Crippen LogP contribution in [0.1, 0.15) is 19.5 Å². The average Bonchev–Trinajstić information content (AvgIpc) is 2.46. The van der Waals surface area contributed by atoms with Crippen LogP contribution >= 0.6 is 0 Å². The van der Waals surface area contributed by atoms with Crippen LogP contribution in [0, 0.1) is 5.92 Å². The Kier molecular flexibility index (Phi) is 3.01. The first-order valence-electron chi connectivity index (χ1n) is 4.28. The minimum atomic E-state index is 0.250. The number of aryl methyl sites for hydroxylation is 1. The van der Waals surface area contributed by atoms with Gasteiger partial charge in [0, 0.05) is 13.2 Å². The number of carbonyl (C=O) groups excluding carboxylic acids is 1. The molecule has 70 valence electrons. The van der Waals surface area contributed by atoms with Gasteiger partial charge >= 0.3 is 0 Å². The van der Waals surface area contributed by atoms with Gasteiger partial charge in [0.25, 0.3) is 0 Å². The highest BCUT2D eigenvalue weighted by Crippen LogP contribution is 2.10. The Morgan fingerprint density at radius 3 is 2.69 bits per heavy atom. The molecule has 1 aromatic rings. The number of imidazole rings is 1. The van der Waals surface area contributed by atoms with Crippen LogP contribution < -0.4 is 0 Å². The Labute approximate surface area is 78.1 Å². The van der Waals surface area contributed by atoms with Crippen LogP contribution in [0.4, 0.5) is 0 Å². The lowest BCUT2D eigenvalue weighted by Gasteiger charge is -2.00. The van der Waals surface area contributed by atoms with E-state index in [-0.39, 0.29) is 5.92 Å². The molecule has 0 N–H and O–H groups in total. The zero-order valence-electron chi connectivity index (χ0n) is 8.19. The third kappa shape index (κ3) is 2.54. The smallest absolute Gasteiger partial charge is 0.146 e. The molecule has 0 atom stereocenters. The highest BCUT2D eigenvalue weighted by molar-refractivity contribution is 5.81. The maximum Gasteiger partial charge on any atom is 0.146 e. The van der Waals surface area contributed by atoms with Gasteiger partial charge in [0.2, 0.25) is 0 Å².